The first-order valence-corrected chi connectivity index (χ1v) is 15.7. The quantitative estimate of drug-likeness (QED) is 0.143. The monoisotopic (exact) mass is 611 g/mol. The fraction of sp³-hybridized carbons (Fsp3) is 0.278. The Morgan fingerprint density at radius 2 is 1.61 bits per heavy atom. The second kappa shape index (κ2) is 15.2. The zero-order valence-electron chi connectivity index (χ0n) is 24.8. The number of esters is 1. The van der Waals surface area contributed by atoms with Crippen molar-refractivity contribution in [3.63, 3.8) is 0 Å². The molecule has 4 atom stereocenters. The van der Waals surface area contributed by atoms with E-state index in [-0.39, 0.29) is 24.7 Å². The summed E-state index contributed by atoms with van der Waals surface area (Å²) >= 11 is 1.78. The van der Waals surface area contributed by atoms with Crippen molar-refractivity contribution < 1.29 is 28.9 Å². The number of nitrogens with one attached hydrogen (secondary N) is 1. The molecule has 0 spiro atoms. The Morgan fingerprint density at radius 3 is 2.32 bits per heavy atom. The Morgan fingerprint density at radius 1 is 0.886 bits per heavy atom. The predicted octanol–water partition coefficient (Wildman–Crippen LogP) is 6.75. The summed E-state index contributed by atoms with van der Waals surface area (Å²) in [5, 5.41) is 12.3. The Balaban J connectivity index is 1.28. The highest BCUT2D eigenvalue weighted by Crippen LogP contribution is 2.40. The number of thioether (sulfide) groups is 1. The summed E-state index contributed by atoms with van der Waals surface area (Å²) in [6.07, 6.45) is -0.795. The number of aliphatic hydroxyl groups is 1. The van der Waals surface area contributed by atoms with Gasteiger partial charge in [-0.05, 0) is 52.9 Å². The molecule has 1 fully saturated rings. The number of aliphatic hydroxyl groups excluding tert-OH is 1. The maximum atomic E-state index is 12.2. The van der Waals surface area contributed by atoms with Gasteiger partial charge in [-0.15, -0.1) is 11.8 Å². The molecule has 0 radical (unpaired) electrons. The largest absolute Gasteiger partial charge is 0.453 e. The summed E-state index contributed by atoms with van der Waals surface area (Å²) in [7, 11) is 0. The van der Waals surface area contributed by atoms with Gasteiger partial charge in [0.05, 0.1) is 18.8 Å². The predicted molar refractivity (Wildman–Crippen MR) is 171 cm³/mol. The normalized spacial score (nSPS) is 18.8. The number of ether oxygens (including phenoxy) is 3. The number of carbonyl (C=O) groups excluding carboxylic acids is 2. The van der Waals surface area contributed by atoms with E-state index in [1.807, 2.05) is 78.9 Å². The van der Waals surface area contributed by atoms with E-state index in [1.165, 1.54) is 11.8 Å². The molecule has 1 saturated heterocycles. The Kier molecular flexibility index (Phi) is 10.9. The lowest BCUT2D eigenvalue weighted by Gasteiger charge is -2.36. The van der Waals surface area contributed by atoms with E-state index in [4.69, 9.17) is 14.2 Å². The third kappa shape index (κ3) is 8.57. The van der Waals surface area contributed by atoms with Crippen LogP contribution in [0.15, 0.2) is 108 Å². The summed E-state index contributed by atoms with van der Waals surface area (Å²) in [5.74, 6) is -0.0302. The molecule has 44 heavy (non-hydrogen) atoms. The molecule has 0 aliphatic carbocycles. The SMILES string of the molecule is CC(=O)O[C@@H](C)C(=O)NCc1cccc(-c2ccc([C@H]3O[C@@H](CSc4ccccc4)C[C@@H](c4ccc(CO)cc4)O3)cc2)c1. The first-order valence-electron chi connectivity index (χ1n) is 14.7. The summed E-state index contributed by atoms with van der Waals surface area (Å²) in [6.45, 7) is 3.16. The van der Waals surface area contributed by atoms with Gasteiger partial charge >= 0.3 is 5.97 Å². The molecule has 1 amide bonds. The van der Waals surface area contributed by atoms with E-state index in [2.05, 4.69) is 29.6 Å². The smallest absolute Gasteiger partial charge is 0.303 e. The van der Waals surface area contributed by atoms with Crippen LogP contribution in [0.2, 0.25) is 0 Å². The molecule has 1 aliphatic heterocycles. The molecule has 7 nitrogen and oxygen atoms in total. The minimum atomic E-state index is -0.844. The van der Waals surface area contributed by atoms with Gasteiger partial charge in [0.2, 0.25) is 0 Å². The lowest BCUT2D eigenvalue weighted by atomic mass is 9.99. The second-order valence-electron chi connectivity index (χ2n) is 10.8. The number of benzene rings is 4. The Bertz CT molecular complexity index is 1530. The lowest BCUT2D eigenvalue weighted by molar-refractivity contribution is -0.245. The zero-order chi connectivity index (χ0) is 30.9. The molecule has 1 heterocycles. The van der Waals surface area contributed by atoms with Gasteiger partial charge in [-0.3, -0.25) is 9.59 Å². The van der Waals surface area contributed by atoms with Crippen molar-refractivity contribution in [3.8, 4) is 11.1 Å². The first kappa shape index (κ1) is 31.5. The van der Waals surface area contributed by atoms with Gasteiger partial charge in [0.15, 0.2) is 12.4 Å². The topological polar surface area (TPSA) is 94.1 Å². The molecular formula is C36H37NO6S. The minimum Gasteiger partial charge on any atom is -0.453 e. The van der Waals surface area contributed by atoms with Crippen LogP contribution < -0.4 is 5.32 Å². The van der Waals surface area contributed by atoms with E-state index in [0.29, 0.717) is 6.54 Å². The standard InChI is InChI=1S/C36H37NO6S/c1-24(41-25(2)39)35(40)37-21-27-7-6-8-31(19-27)28-15-17-30(18-16-28)36-42-32(23-44-33-9-4-3-5-10-33)20-34(43-36)29-13-11-26(22-38)12-14-29/h3-19,24,32,34,36,38H,20-23H2,1-2H3,(H,37,40)/t24-,32+,34-,36-/m0/s1. The maximum Gasteiger partial charge on any atom is 0.303 e. The van der Waals surface area contributed by atoms with Gasteiger partial charge in [0, 0.05) is 36.1 Å². The highest BCUT2D eigenvalue weighted by molar-refractivity contribution is 7.99. The molecule has 1 aliphatic rings. The second-order valence-corrected chi connectivity index (χ2v) is 11.9. The van der Waals surface area contributed by atoms with Crippen molar-refractivity contribution in [3.05, 3.63) is 125 Å². The van der Waals surface area contributed by atoms with Crippen molar-refractivity contribution in [2.75, 3.05) is 5.75 Å². The molecule has 0 unspecified atom stereocenters. The third-order valence-corrected chi connectivity index (χ3v) is 8.56. The van der Waals surface area contributed by atoms with Crippen LogP contribution in [-0.2, 0) is 37.0 Å². The molecule has 4 aromatic rings. The average molecular weight is 612 g/mol. The fourth-order valence-electron chi connectivity index (χ4n) is 5.06. The zero-order valence-corrected chi connectivity index (χ0v) is 25.7. The first-order chi connectivity index (χ1) is 21.4. The average Bonchev–Trinajstić information content (AvgIpc) is 3.06. The molecular weight excluding hydrogens is 574 g/mol. The van der Waals surface area contributed by atoms with Gasteiger partial charge in [-0.2, -0.15) is 0 Å². The van der Waals surface area contributed by atoms with Crippen molar-refractivity contribution in [2.24, 2.45) is 0 Å². The van der Waals surface area contributed by atoms with Crippen LogP contribution in [0.3, 0.4) is 0 Å². The van der Waals surface area contributed by atoms with Crippen molar-refractivity contribution in [1.82, 2.24) is 5.32 Å². The molecule has 0 saturated carbocycles. The highest BCUT2D eigenvalue weighted by atomic mass is 32.2. The van der Waals surface area contributed by atoms with Crippen LogP contribution in [-0.4, -0.2) is 34.9 Å². The van der Waals surface area contributed by atoms with Gasteiger partial charge in [0.1, 0.15) is 0 Å². The molecule has 0 bridgehead atoms. The third-order valence-electron chi connectivity index (χ3n) is 7.42. The van der Waals surface area contributed by atoms with Crippen LogP contribution in [0.5, 0.6) is 0 Å². The van der Waals surface area contributed by atoms with Gasteiger partial charge < -0.3 is 24.6 Å². The molecule has 2 N–H and O–H groups in total. The minimum absolute atomic E-state index is 0.00701. The molecule has 228 valence electrons. The Labute approximate surface area is 262 Å². The van der Waals surface area contributed by atoms with E-state index in [1.54, 1.807) is 18.7 Å². The maximum absolute atomic E-state index is 12.2. The van der Waals surface area contributed by atoms with Crippen molar-refractivity contribution in [1.29, 1.82) is 0 Å². The molecule has 5 rings (SSSR count). The summed E-state index contributed by atoms with van der Waals surface area (Å²) in [6, 6.07) is 34.4. The van der Waals surface area contributed by atoms with Crippen LogP contribution >= 0.6 is 11.8 Å². The van der Waals surface area contributed by atoms with E-state index in [9.17, 15) is 14.7 Å². The van der Waals surface area contributed by atoms with Crippen LogP contribution in [0.25, 0.3) is 11.1 Å². The van der Waals surface area contributed by atoms with E-state index in [0.717, 1.165) is 45.6 Å². The Hall–Kier alpha value is -3.95. The summed E-state index contributed by atoms with van der Waals surface area (Å²) < 4.78 is 18.0. The fourth-order valence-corrected chi connectivity index (χ4v) is 6.00. The van der Waals surface area contributed by atoms with Crippen LogP contribution in [0.4, 0.5) is 0 Å². The van der Waals surface area contributed by atoms with Gasteiger partial charge in [0.25, 0.3) is 5.91 Å². The summed E-state index contributed by atoms with van der Waals surface area (Å²) in [5.41, 5.74) is 5.84. The number of amides is 1. The number of rotatable bonds is 11. The molecule has 4 aromatic carbocycles. The molecule has 8 heteroatoms. The van der Waals surface area contributed by atoms with E-state index < -0.39 is 18.4 Å². The summed E-state index contributed by atoms with van der Waals surface area (Å²) in [4.78, 5) is 24.6. The highest BCUT2D eigenvalue weighted by Gasteiger charge is 2.32. The van der Waals surface area contributed by atoms with E-state index >= 15 is 0 Å². The van der Waals surface area contributed by atoms with Gasteiger partial charge in [-0.25, -0.2) is 0 Å². The number of hydrogen-bond acceptors (Lipinski definition) is 7. The number of carbonyl (C=O) groups is 2. The number of hydrogen-bond donors (Lipinski definition) is 2. The van der Waals surface area contributed by atoms with Crippen LogP contribution in [0, 0.1) is 0 Å². The van der Waals surface area contributed by atoms with Crippen LogP contribution in [0.1, 0.15) is 54.9 Å². The van der Waals surface area contributed by atoms with Crippen molar-refractivity contribution >= 4 is 23.6 Å². The lowest BCUT2D eigenvalue weighted by Crippen LogP contribution is -2.35. The van der Waals surface area contributed by atoms with Gasteiger partial charge in [-0.1, -0.05) is 84.9 Å². The van der Waals surface area contributed by atoms with Crippen molar-refractivity contribution in [2.45, 2.75) is 62.9 Å². The molecule has 0 aromatic heterocycles.